The van der Waals surface area contributed by atoms with Gasteiger partial charge in [-0.2, -0.15) is 0 Å². The van der Waals surface area contributed by atoms with Crippen LogP contribution in [0.25, 0.3) is 0 Å². The van der Waals surface area contributed by atoms with Gasteiger partial charge in [0.2, 0.25) is 5.89 Å². The fourth-order valence-electron chi connectivity index (χ4n) is 1.74. The number of para-hydroxylation sites is 1. The molecule has 0 bridgehead atoms. The normalized spacial score (nSPS) is 10.2. The Morgan fingerprint density at radius 1 is 1.37 bits per heavy atom. The highest BCUT2D eigenvalue weighted by Gasteiger charge is 2.11. The number of aromatic nitrogens is 1. The van der Waals surface area contributed by atoms with Crippen molar-refractivity contribution in [2.24, 2.45) is 0 Å². The number of benzene rings is 1. The number of hydrogen-bond donors (Lipinski definition) is 2. The molecular formula is C14H17N3O2. The molecule has 5 heteroatoms. The Balaban J connectivity index is 2.01. The average Bonchev–Trinajstić information content (AvgIpc) is 2.92. The molecule has 0 atom stereocenters. The summed E-state index contributed by atoms with van der Waals surface area (Å²) in [6, 6.07) is 7.34. The van der Waals surface area contributed by atoms with Crippen molar-refractivity contribution < 1.29 is 9.21 Å². The summed E-state index contributed by atoms with van der Waals surface area (Å²) >= 11 is 0. The SMILES string of the molecule is CCc1cnc(CNC(=O)c2ccccc2NC)o1. The highest BCUT2D eigenvalue weighted by atomic mass is 16.4. The molecule has 1 amide bonds. The van der Waals surface area contributed by atoms with Gasteiger partial charge in [-0.3, -0.25) is 4.79 Å². The van der Waals surface area contributed by atoms with E-state index in [1.165, 1.54) is 0 Å². The first-order valence-electron chi connectivity index (χ1n) is 6.23. The molecule has 0 spiro atoms. The zero-order valence-electron chi connectivity index (χ0n) is 11.1. The molecule has 0 radical (unpaired) electrons. The van der Waals surface area contributed by atoms with E-state index in [1.807, 2.05) is 25.1 Å². The van der Waals surface area contributed by atoms with Crippen LogP contribution in [-0.2, 0) is 13.0 Å². The van der Waals surface area contributed by atoms with Crippen LogP contribution >= 0.6 is 0 Å². The van der Waals surface area contributed by atoms with Gasteiger partial charge in [0.15, 0.2) is 0 Å². The van der Waals surface area contributed by atoms with Crippen LogP contribution in [0, 0.1) is 0 Å². The number of amides is 1. The molecule has 2 aromatic rings. The van der Waals surface area contributed by atoms with Crippen molar-refractivity contribution in [3.63, 3.8) is 0 Å². The number of hydrogen-bond acceptors (Lipinski definition) is 4. The van der Waals surface area contributed by atoms with Gasteiger partial charge in [0.1, 0.15) is 5.76 Å². The smallest absolute Gasteiger partial charge is 0.253 e. The molecule has 2 N–H and O–H groups in total. The van der Waals surface area contributed by atoms with E-state index in [9.17, 15) is 4.79 Å². The molecule has 0 aliphatic heterocycles. The Labute approximate surface area is 112 Å². The predicted molar refractivity (Wildman–Crippen MR) is 73.0 cm³/mol. The molecule has 1 heterocycles. The van der Waals surface area contributed by atoms with Crippen LogP contribution < -0.4 is 10.6 Å². The quantitative estimate of drug-likeness (QED) is 0.864. The van der Waals surface area contributed by atoms with E-state index in [2.05, 4.69) is 15.6 Å². The number of anilines is 1. The van der Waals surface area contributed by atoms with Gasteiger partial charge >= 0.3 is 0 Å². The Hall–Kier alpha value is -2.30. The topological polar surface area (TPSA) is 67.2 Å². The summed E-state index contributed by atoms with van der Waals surface area (Å²) in [7, 11) is 1.79. The molecule has 0 saturated carbocycles. The van der Waals surface area contributed by atoms with Crippen molar-refractivity contribution in [3.8, 4) is 0 Å². The summed E-state index contributed by atoms with van der Waals surface area (Å²) in [4.78, 5) is 16.2. The zero-order chi connectivity index (χ0) is 13.7. The lowest BCUT2D eigenvalue weighted by molar-refractivity contribution is 0.0948. The van der Waals surface area contributed by atoms with Crippen LogP contribution in [0.2, 0.25) is 0 Å². The third-order valence-corrected chi connectivity index (χ3v) is 2.79. The molecule has 0 saturated heterocycles. The van der Waals surface area contributed by atoms with Gasteiger partial charge in [-0.15, -0.1) is 0 Å². The third kappa shape index (κ3) is 3.13. The summed E-state index contributed by atoms with van der Waals surface area (Å²) in [5.41, 5.74) is 1.40. The maximum atomic E-state index is 12.1. The summed E-state index contributed by atoms with van der Waals surface area (Å²) < 4.78 is 5.43. The minimum atomic E-state index is -0.152. The largest absolute Gasteiger partial charge is 0.444 e. The minimum absolute atomic E-state index is 0.152. The van der Waals surface area contributed by atoms with Gasteiger partial charge in [-0.1, -0.05) is 19.1 Å². The lowest BCUT2D eigenvalue weighted by Gasteiger charge is -2.08. The van der Waals surface area contributed by atoms with E-state index in [1.54, 1.807) is 19.3 Å². The fraction of sp³-hybridized carbons (Fsp3) is 0.286. The maximum Gasteiger partial charge on any atom is 0.253 e. The lowest BCUT2D eigenvalue weighted by Crippen LogP contribution is -2.23. The number of oxazole rings is 1. The summed E-state index contributed by atoms with van der Waals surface area (Å²) in [5, 5.41) is 5.78. The average molecular weight is 259 g/mol. The van der Waals surface area contributed by atoms with Gasteiger partial charge < -0.3 is 15.1 Å². The van der Waals surface area contributed by atoms with Crippen LogP contribution in [0.4, 0.5) is 5.69 Å². The van der Waals surface area contributed by atoms with E-state index in [-0.39, 0.29) is 12.5 Å². The predicted octanol–water partition coefficient (Wildman–Crippen LogP) is 2.21. The van der Waals surface area contributed by atoms with Crippen molar-refractivity contribution in [1.29, 1.82) is 0 Å². The van der Waals surface area contributed by atoms with E-state index in [0.29, 0.717) is 11.5 Å². The molecule has 0 unspecified atom stereocenters. The molecule has 0 aliphatic rings. The number of aryl methyl sites for hydroxylation is 1. The molecule has 1 aromatic carbocycles. The molecule has 100 valence electrons. The molecule has 0 aliphatic carbocycles. The second-order valence-corrected chi connectivity index (χ2v) is 4.05. The van der Waals surface area contributed by atoms with Crippen molar-refractivity contribution in [3.05, 3.63) is 47.7 Å². The van der Waals surface area contributed by atoms with Crippen LogP contribution in [-0.4, -0.2) is 17.9 Å². The highest BCUT2D eigenvalue weighted by Crippen LogP contribution is 2.14. The minimum Gasteiger partial charge on any atom is -0.444 e. The van der Waals surface area contributed by atoms with Crippen molar-refractivity contribution in [2.45, 2.75) is 19.9 Å². The number of carbonyl (C=O) groups is 1. The summed E-state index contributed by atoms with van der Waals surface area (Å²) in [5.74, 6) is 1.19. The third-order valence-electron chi connectivity index (χ3n) is 2.79. The lowest BCUT2D eigenvalue weighted by atomic mass is 10.1. The van der Waals surface area contributed by atoms with E-state index in [0.717, 1.165) is 17.9 Å². The Morgan fingerprint density at radius 2 is 2.16 bits per heavy atom. The van der Waals surface area contributed by atoms with Crippen molar-refractivity contribution >= 4 is 11.6 Å². The maximum absolute atomic E-state index is 12.1. The van der Waals surface area contributed by atoms with Gasteiger partial charge in [0.05, 0.1) is 18.3 Å². The summed E-state index contributed by atoms with van der Waals surface area (Å²) in [6.07, 6.45) is 2.48. The van der Waals surface area contributed by atoms with E-state index < -0.39 is 0 Å². The first-order chi connectivity index (χ1) is 9.24. The van der Waals surface area contributed by atoms with Crippen LogP contribution in [0.3, 0.4) is 0 Å². The molecular weight excluding hydrogens is 242 g/mol. The second kappa shape index (κ2) is 6.04. The highest BCUT2D eigenvalue weighted by molar-refractivity contribution is 5.99. The van der Waals surface area contributed by atoms with Gasteiger partial charge in [0, 0.05) is 19.2 Å². The van der Waals surface area contributed by atoms with Crippen LogP contribution in [0.5, 0.6) is 0 Å². The van der Waals surface area contributed by atoms with Crippen LogP contribution in [0.15, 0.2) is 34.9 Å². The zero-order valence-corrected chi connectivity index (χ0v) is 11.1. The molecule has 5 nitrogen and oxygen atoms in total. The molecule has 1 aromatic heterocycles. The number of nitrogens with zero attached hydrogens (tertiary/aromatic N) is 1. The first-order valence-corrected chi connectivity index (χ1v) is 6.23. The standard InChI is InChI=1S/C14H17N3O2/c1-3-10-8-16-13(19-10)9-17-14(18)11-6-4-5-7-12(11)15-2/h4-8,15H,3,9H2,1-2H3,(H,17,18). The monoisotopic (exact) mass is 259 g/mol. The first kappa shape index (κ1) is 13.1. The molecule has 0 fully saturated rings. The number of nitrogens with one attached hydrogen (secondary N) is 2. The van der Waals surface area contributed by atoms with Crippen molar-refractivity contribution in [2.75, 3.05) is 12.4 Å². The van der Waals surface area contributed by atoms with Gasteiger partial charge in [-0.05, 0) is 12.1 Å². The Kier molecular flexibility index (Phi) is 4.18. The van der Waals surface area contributed by atoms with Gasteiger partial charge in [0.25, 0.3) is 5.91 Å². The summed E-state index contributed by atoms with van der Waals surface area (Å²) in [6.45, 7) is 2.28. The molecule has 2 rings (SSSR count). The number of rotatable bonds is 5. The van der Waals surface area contributed by atoms with Crippen LogP contribution in [0.1, 0.15) is 28.9 Å². The van der Waals surface area contributed by atoms with Crippen molar-refractivity contribution in [1.82, 2.24) is 10.3 Å². The number of carbonyl (C=O) groups excluding carboxylic acids is 1. The van der Waals surface area contributed by atoms with E-state index in [4.69, 9.17) is 4.42 Å². The second-order valence-electron chi connectivity index (χ2n) is 4.05. The van der Waals surface area contributed by atoms with E-state index >= 15 is 0 Å². The molecule has 19 heavy (non-hydrogen) atoms. The Morgan fingerprint density at radius 3 is 2.84 bits per heavy atom. The van der Waals surface area contributed by atoms with Gasteiger partial charge in [-0.25, -0.2) is 4.98 Å². The Bertz CT molecular complexity index is 563. The fourth-order valence-corrected chi connectivity index (χ4v) is 1.74.